The number of aromatic nitrogens is 3. The zero-order valence-electron chi connectivity index (χ0n) is 24.0. The second-order valence-corrected chi connectivity index (χ2v) is 12.3. The number of nitrogens with zero attached hydrogens (tertiary/aromatic N) is 5. The van der Waals surface area contributed by atoms with Gasteiger partial charge >= 0.3 is 6.01 Å². The van der Waals surface area contributed by atoms with E-state index in [0.29, 0.717) is 42.7 Å². The third-order valence-electron chi connectivity index (χ3n) is 9.71. The number of hydrogen-bond donors (Lipinski definition) is 1. The molecule has 11 heteroatoms. The number of hydrogen-bond acceptors (Lipinski definition) is 8. The van der Waals surface area contributed by atoms with E-state index in [0.717, 1.165) is 38.6 Å². The first-order valence-electron chi connectivity index (χ1n) is 15.1. The fourth-order valence-electron chi connectivity index (χ4n) is 7.69. The zero-order valence-corrected chi connectivity index (χ0v) is 24.0. The number of pyridine rings is 1. The first kappa shape index (κ1) is 27.3. The van der Waals surface area contributed by atoms with E-state index in [9.17, 15) is 13.9 Å². The number of phenols is 1. The van der Waals surface area contributed by atoms with Crippen molar-refractivity contribution in [2.75, 3.05) is 37.7 Å². The van der Waals surface area contributed by atoms with Crippen LogP contribution in [0, 0.1) is 24.0 Å². The molecule has 4 aliphatic rings. The fourth-order valence-corrected chi connectivity index (χ4v) is 7.69. The molecule has 0 aliphatic carbocycles. The van der Waals surface area contributed by atoms with Gasteiger partial charge in [0.05, 0.1) is 17.1 Å². The molecule has 0 unspecified atom stereocenters. The molecule has 4 aromatic rings. The first-order chi connectivity index (χ1) is 21.3. The summed E-state index contributed by atoms with van der Waals surface area (Å²) >= 11 is 0. The quantitative estimate of drug-likeness (QED) is 0.307. The number of phenolic OH excluding ortho intramolecular Hbond substituents is 1. The van der Waals surface area contributed by atoms with Gasteiger partial charge < -0.3 is 19.5 Å². The fraction of sp³-hybridized carbons (Fsp3) is 0.424. The molecule has 1 N–H and O–H groups in total. The zero-order chi connectivity index (χ0) is 30.2. The van der Waals surface area contributed by atoms with Crippen molar-refractivity contribution in [3.63, 3.8) is 0 Å². The predicted octanol–water partition coefficient (Wildman–Crippen LogP) is 5.52. The summed E-state index contributed by atoms with van der Waals surface area (Å²) in [6.07, 6.45) is 9.73. The first-order valence-corrected chi connectivity index (χ1v) is 15.1. The smallest absolute Gasteiger partial charge is 0.319 e. The van der Waals surface area contributed by atoms with Gasteiger partial charge in [0.1, 0.15) is 53.4 Å². The maximum atomic E-state index is 16.8. The highest BCUT2D eigenvalue weighted by Gasteiger charge is 2.49. The molecule has 3 atom stereocenters. The molecule has 226 valence electrons. The van der Waals surface area contributed by atoms with Crippen LogP contribution in [-0.4, -0.2) is 75.6 Å². The van der Waals surface area contributed by atoms with Gasteiger partial charge in [0.15, 0.2) is 5.82 Å². The second kappa shape index (κ2) is 10.1. The van der Waals surface area contributed by atoms with E-state index in [1.54, 1.807) is 0 Å². The Morgan fingerprint density at radius 3 is 2.86 bits per heavy atom. The summed E-state index contributed by atoms with van der Waals surface area (Å²) in [5, 5.41) is 11.6. The number of anilines is 1. The second-order valence-electron chi connectivity index (χ2n) is 12.3. The largest absolute Gasteiger partial charge is 0.508 e. The number of aromatic hydroxyl groups is 1. The Balaban J connectivity index is 1.33. The molecule has 4 aliphatic heterocycles. The van der Waals surface area contributed by atoms with Crippen LogP contribution in [0.15, 0.2) is 24.3 Å². The molecule has 3 fully saturated rings. The lowest BCUT2D eigenvalue weighted by Gasteiger charge is -2.35. The van der Waals surface area contributed by atoms with Crippen molar-refractivity contribution in [3.8, 4) is 41.2 Å². The van der Waals surface area contributed by atoms with Gasteiger partial charge in [0.2, 0.25) is 5.88 Å². The number of terminal acetylenes is 1. The van der Waals surface area contributed by atoms with Gasteiger partial charge in [-0.1, -0.05) is 12.0 Å². The van der Waals surface area contributed by atoms with Crippen LogP contribution < -0.4 is 14.4 Å². The Bertz CT molecular complexity index is 1880. The summed E-state index contributed by atoms with van der Waals surface area (Å²) in [6, 6.07) is 5.41. The molecule has 0 bridgehead atoms. The lowest BCUT2D eigenvalue weighted by Crippen LogP contribution is -2.44. The Morgan fingerprint density at radius 2 is 2.00 bits per heavy atom. The van der Waals surface area contributed by atoms with Crippen LogP contribution in [0.3, 0.4) is 0 Å². The summed E-state index contributed by atoms with van der Waals surface area (Å²) in [6.45, 7) is 2.38. The number of piperidine rings is 1. The molecule has 2 aromatic heterocycles. The minimum absolute atomic E-state index is 0.00908. The Labute approximate surface area is 251 Å². The molecule has 44 heavy (non-hydrogen) atoms. The van der Waals surface area contributed by atoms with Crippen molar-refractivity contribution in [1.82, 2.24) is 19.9 Å². The van der Waals surface area contributed by atoms with E-state index in [1.807, 2.05) is 0 Å². The van der Waals surface area contributed by atoms with Crippen LogP contribution in [-0.2, 0) is 0 Å². The molecule has 0 spiro atoms. The van der Waals surface area contributed by atoms with Gasteiger partial charge in [-0.05, 0) is 62.2 Å². The van der Waals surface area contributed by atoms with E-state index in [1.165, 1.54) is 24.3 Å². The minimum Gasteiger partial charge on any atom is -0.508 e. The van der Waals surface area contributed by atoms with Crippen molar-refractivity contribution in [1.29, 1.82) is 0 Å². The van der Waals surface area contributed by atoms with Gasteiger partial charge in [-0.2, -0.15) is 9.97 Å². The predicted molar refractivity (Wildman–Crippen MR) is 159 cm³/mol. The molecule has 0 radical (unpaired) electrons. The van der Waals surface area contributed by atoms with E-state index in [4.69, 9.17) is 20.9 Å². The van der Waals surface area contributed by atoms with Gasteiger partial charge in [0, 0.05) is 30.5 Å². The molecule has 2 aromatic carbocycles. The van der Waals surface area contributed by atoms with Crippen LogP contribution in [0.25, 0.3) is 32.9 Å². The third-order valence-corrected chi connectivity index (χ3v) is 9.71. The molecule has 0 saturated carbocycles. The molecular weight excluding hydrogens is 571 g/mol. The van der Waals surface area contributed by atoms with Gasteiger partial charge in [-0.3, -0.25) is 4.90 Å². The summed E-state index contributed by atoms with van der Waals surface area (Å²) in [5.74, 6) is 1.37. The number of halogens is 3. The number of benzene rings is 2. The third kappa shape index (κ3) is 4.14. The lowest BCUT2D eigenvalue weighted by atomic mass is 9.95. The average molecular weight is 602 g/mol. The van der Waals surface area contributed by atoms with Crippen LogP contribution >= 0.6 is 0 Å². The van der Waals surface area contributed by atoms with Crippen LogP contribution in [0.1, 0.15) is 44.1 Å². The molecular formula is C33H30F3N5O3. The number of alkyl halides is 1. The van der Waals surface area contributed by atoms with Crippen LogP contribution in [0.5, 0.6) is 17.6 Å². The molecule has 8 nitrogen and oxygen atoms in total. The van der Waals surface area contributed by atoms with Gasteiger partial charge in [-0.25, -0.2) is 18.2 Å². The lowest BCUT2D eigenvalue weighted by molar-refractivity contribution is 0.107. The highest BCUT2D eigenvalue weighted by molar-refractivity contribution is 6.04. The van der Waals surface area contributed by atoms with Crippen molar-refractivity contribution in [2.24, 2.45) is 0 Å². The Hall–Kier alpha value is -4.30. The van der Waals surface area contributed by atoms with E-state index < -0.39 is 23.3 Å². The summed E-state index contributed by atoms with van der Waals surface area (Å²) < 4.78 is 58.6. The van der Waals surface area contributed by atoms with Crippen molar-refractivity contribution >= 4 is 27.5 Å². The number of ether oxygens (including phenoxy) is 2. The monoisotopic (exact) mass is 601 g/mol. The van der Waals surface area contributed by atoms with E-state index >= 15 is 4.39 Å². The Morgan fingerprint density at radius 1 is 1.11 bits per heavy atom. The van der Waals surface area contributed by atoms with Crippen molar-refractivity contribution in [2.45, 2.75) is 56.3 Å². The summed E-state index contributed by atoms with van der Waals surface area (Å²) in [7, 11) is 0. The number of rotatable bonds is 4. The minimum atomic E-state index is -0.921. The standard InChI is InChI=1S/C33H30F3N5O3/c1-2-22-24(35)8-7-18-12-21(42)13-23(25(18)22)28-27(36)29-26-30(41-11-4-3-6-20(41)16-43-31(26)37-28)39-32(38-29)44-17-33-9-5-10-40(33)15-19(34)14-33/h1,7-8,12-13,19-20,42H,3-6,9-11,14-17H2/t19-,20-,33+/m1/s1. The molecule has 6 heterocycles. The Kier molecular flexibility index (Phi) is 6.27. The molecule has 0 amide bonds. The van der Waals surface area contributed by atoms with Gasteiger partial charge in [0.25, 0.3) is 0 Å². The SMILES string of the molecule is C#Cc1c(F)ccc2cc(O)cc(-c3nc4c5c(nc(OC[C@@]67CCCN6C[C@H](F)C7)nc5c3F)N3CCCC[C@@H]3CO4)c12. The van der Waals surface area contributed by atoms with E-state index in [-0.39, 0.29) is 58.0 Å². The normalized spacial score (nSPS) is 24.5. The summed E-state index contributed by atoms with van der Waals surface area (Å²) in [4.78, 5) is 18.2. The van der Waals surface area contributed by atoms with Crippen LogP contribution in [0.2, 0.25) is 0 Å². The molecule has 3 saturated heterocycles. The summed E-state index contributed by atoms with van der Waals surface area (Å²) in [5.41, 5.74) is -0.661. The van der Waals surface area contributed by atoms with Crippen molar-refractivity contribution in [3.05, 3.63) is 41.5 Å². The highest BCUT2D eigenvalue weighted by atomic mass is 19.1. The molecule has 8 rings (SSSR count). The maximum absolute atomic E-state index is 16.8. The van der Waals surface area contributed by atoms with Gasteiger partial charge in [-0.15, -0.1) is 6.42 Å². The van der Waals surface area contributed by atoms with Crippen molar-refractivity contribution < 1.29 is 27.8 Å². The average Bonchev–Trinajstić information content (AvgIpc) is 3.49. The maximum Gasteiger partial charge on any atom is 0.319 e. The topological polar surface area (TPSA) is 83.8 Å². The number of fused-ring (bicyclic) bond motifs is 4. The highest BCUT2D eigenvalue weighted by Crippen LogP contribution is 2.45. The van der Waals surface area contributed by atoms with E-state index in [2.05, 4.69) is 25.7 Å². The van der Waals surface area contributed by atoms with Crippen LogP contribution in [0.4, 0.5) is 19.0 Å².